The lowest BCUT2D eigenvalue weighted by molar-refractivity contribution is 0.138. The third-order valence-corrected chi connectivity index (χ3v) is 3.94. The minimum atomic E-state index is 0.0514. The van der Waals surface area contributed by atoms with Gasteiger partial charge in [0, 0.05) is 37.4 Å². The molecule has 0 spiro atoms. The summed E-state index contributed by atoms with van der Waals surface area (Å²) in [5.41, 5.74) is 7.13. The van der Waals surface area contributed by atoms with Crippen molar-refractivity contribution in [2.75, 3.05) is 31.6 Å². The molecule has 0 aromatic carbocycles. The quantitative estimate of drug-likeness (QED) is 0.864. The second kappa shape index (κ2) is 4.86. The largest absolute Gasteiger partial charge is 0.354 e. The van der Waals surface area contributed by atoms with Gasteiger partial charge in [-0.2, -0.15) is 0 Å². The molecule has 1 aromatic rings. The number of nitrogens with zero attached hydrogens (tertiary/aromatic N) is 3. The van der Waals surface area contributed by atoms with Gasteiger partial charge in [0.05, 0.1) is 0 Å². The van der Waals surface area contributed by atoms with E-state index in [2.05, 4.69) is 47.8 Å². The molecule has 1 atom stereocenters. The van der Waals surface area contributed by atoms with Gasteiger partial charge in [0.2, 0.25) is 0 Å². The summed E-state index contributed by atoms with van der Waals surface area (Å²) < 4.78 is 0. The number of anilines is 1. The smallest absolute Gasteiger partial charge is 0.128 e. The first-order valence-corrected chi connectivity index (χ1v) is 6.58. The fourth-order valence-corrected chi connectivity index (χ4v) is 2.29. The highest BCUT2D eigenvalue weighted by atomic mass is 15.3. The SMILES string of the molecule is CC(N)c1ccc(N2CCN(C)C(C)(C)C2)nc1. The van der Waals surface area contributed by atoms with Gasteiger partial charge < -0.3 is 10.6 Å². The summed E-state index contributed by atoms with van der Waals surface area (Å²) in [6.07, 6.45) is 1.89. The van der Waals surface area contributed by atoms with Gasteiger partial charge in [-0.15, -0.1) is 0 Å². The zero-order chi connectivity index (χ0) is 13.3. The predicted octanol–water partition coefficient (Wildman–Crippen LogP) is 1.63. The molecule has 2 N–H and O–H groups in total. The number of nitrogens with two attached hydrogens (primary N) is 1. The van der Waals surface area contributed by atoms with Crippen molar-refractivity contribution in [2.24, 2.45) is 5.73 Å². The first kappa shape index (κ1) is 13.3. The Balaban J connectivity index is 2.13. The normalized spacial score (nSPS) is 21.9. The zero-order valence-corrected chi connectivity index (χ0v) is 11.8. The van der Waals surface area contributed by atoms with Crippen LogP contribution in [0.5, 0.6) is 0 Å². The van der Waals surface area contributed by atoms with Gasteiger partial charge in [-0.05, 0) is 39.4 Å². The van der Waals surface area contributed by atoms with E-state index in [1.54, 1.807) is 0 Å². The molecule has 1 aromatic heterocycles. The van der Waals surface area contributed by atoms with Gasteiger partial charge in [-0.25, -0.2) is 4.98 Å². The van der Waals surface area contributed by atoms with E-state index in [1.165, 1.54) is 0 Å². The van der Waals surface area contributed by atoms with Crippen LogP contribution in [0.4, 0.5) is 5.82 Å². The van der Waals surface area contributed by atoms with Crippen molar-refractivity contribution in [3.05, 3.63) is 23.9 Å². The lowest BCUT2D eigenvalue weighted by atomic mass is 10.00. The first-order valence-electron chi connectivity index (χ1n) is 6.58. The van der Waals surface area contributed by atoms with Crippen molar-refractivity contribution >= 4 is 5.82 Å². The van der Waals surface area contributed by atoms with Gasteiger partial charge in [0.15, 0.2) is 0 Å². The van der Waals surface area contributed by atoms with Gasteiger partial charge in [0.25, 0.3) is 0 Å². The molecule has 18 heavy (non-hydrogen) atoms. The van der Waals surface area contributed by atoms with Crippen LogP contribution in [0.25, 0.3) is 0 Å². The summed E-state index contributed by atoms with van der Waals surface area (Å²) >= 11 is 0. The van der Waals surface area contributed by atoms with Crippen molar-refractivity contribution in [2.45, 2.75) is 32.4 Å². The predicted molar refractivity (Wildman–Crippen MR) is 75.8 cm³/mol. The van der Waals surface area contributed by atoms with Crippen LogP contribution in [0.15, 0.2) is 18.3 Å². The Morgan fingerprint density at radius 3 is 2.56 bits per heavy atom. The molecule has 0 bridgehead atoms. The molecule has 100 valence electrons. The van der Waals surface area contributed by atoms with Crippen molar-refractivity contribution in [1.82, 2.24) is 9.88 Å². The average Bonchev–Trinajstić information content (AvgIpc) is 2.33. The van der Waals surface area contributed by atoms with Gasteiger partial charge in [0.1, 0.15) is 5.82 Å². The Morgan fingerprint density at radius 2 is 2.06 bits per heavy atom. The number of pyridine rings is 1. The molecule has 0 radical (unpaired) electrons. The van der Waals surface area contributed by atoms with Crippen molar-refractivity contribution in [3.63, 3.8) is 0 Å². The Bertz CT molecular complexity index is 397. The van der Waals surface area contributed by atoms with Crippen molar-refractivity contribution in [1.29, 1.82) is 0 Å². The molecule has 1 fully saturated rings. The van der Waals surface area contributed by atoms with Crippen LogP contribution in [0.3, 0.4) is 0 Å². The molecule has 2 rings (SSSR count). The second-order valence-electron chi connectivity index (χ2n) is 5.89. The monoisotopic (exact) mass is 248 g/mol. The fourth-order valence-electron chi connectivity index (χ4n) is 2.29. The molecule has 4 nitrogen and oxygen atoms in total. The molecular weight excluding hydrogens is 224 g/mol. The second-order valence-corrected chi connectivity index (χ2v) is 5.89. The lowest BCUT2D eigenvalue weighted by Crippen LogP contribution is -2.57. The topological polar surface area (TPSA) is 45.4 Å². The highest BCUT2D eigenvalue weighted by molar-refractivity contribution is 5.41. The van der Waals surface area contributed by atoms with E-state index in [1.807, 2.05) is 13.1 Å². The summed E-state index contributed by atoms with van der Waals surface area (Å²) in [5.74, 6) is 1.06. The standard InChI is InChI=1S/C14H24N4/c1-11(15)12-5-6-13(16-9-12)18-8-7-17(4)14(2,3)10-18/h5-6,9,11H,7-8,10,15H2,1-4H3. The minimum absolute atomic E-state index is 0.0514. The van der Waals surface area contributed by atoms with E-state index < -0.39 is 0 Å². The number of rotatable bonds is 2. The maximum absolute atomic E-state index is 5.84. The first-order chi connectivity index (χ1) is 8.40. The summed E-state index contributed by atoms with van der Waals surface area (Å²) in [5, 5.41) is 0. The number of hydrogen-bond acceptors (Lipinski definition) is 4. The molecule has 4 heteroatoms. The van der Waals surface area contributed by atoms with E-state index in [0.717, 1.165) is 31.0 Å². The number of piperazine rings is 1. The highest BCUT2D eigenvalue weighted by Crippen LogP contribution is 2.23. The fraction of sp³-hybridized carbons (Fsp3) is 0.643. The highest BCUT2D eigenvalue weighted by Gasteiger charge is 2.31. The number of likely N-dealkylation sites (N-methyl/N-ethyl adjacent to an activating group) is 1. The van der Waals surface area contributed by atoms with Crippen molar-refractivity contribution in [3.8, 4) is 0 Å². The maximum Gasteiger partial charge on any atom is 0.128 e. The van der Waals surface area contributed by atoms with E-state index in [0.29, 0.717) is 0 Å². The van der Waals surface area contributed by atoms with E-state index in [4.69, 9.17) is 5.73 Å². The summed E-state index contributed by atoms with van der Waals surface area (Å²) in [4.78, 5) is 9.30. The molecular formula is C14H24N4. The molecule has 0 aliphatic carbocycles. The summed E-state index contributed by atoms with van der Waals surface area (Å²) in [7, 11) is 2.18. The minimum Gasteiger partial charge on any atom is -0.354 e. The molecule has 0 amide bonds. The molecule has 0 saturated carbocycles. The van der Waals surface area contributed by atoms with Crippen molar-refractivity contribution < 1.29 is 0 Å². The maximum atomic E-state index is 5.84. The van der Waals surface area contributed by atoms with Crippen LogP contribution in [0.2, 0.25) is 0 Å². The van der Waals surface area contributed by atoms with Gasteiger partial charge in [-0.3, -0.25) is 4.90 Å². The van der Waals surface area contributed by atoms with Crippen LogP contribution in [-0.4, -0.2) is 42.1 Å². The number of aromatic nitrogens is 1. The summed E-state index contributed by atoms with van der Waals surface area (Å²) in [6.45, 7) is 9.64. The molecule has 1 saturated heterocycles. The van der Waals surface area contributed by atoms with Crippen LogP contribution in [0, 0.1) is 0 Å². The Morgan fingerprint density at radius 1 is 1.33 bits per heavy atom. The van der Waals surface area contributed by atoms with Gasteiger partial charge >= 0.3 is 0 Å². The molecule has 1 unspecified atom stereocenters. The molecule has 1 aliphatic heterocycles. The van der Waals surface area contributed by atoms with E-state index in [9.17, 15) is 0 Å². The molecule has 2 heterocycles. The third kappa shape index (κ3) is 2.65. The lowest BCUT2D eigenvalue weighted by Gasteiger charge is -2.45. The van der Waals surface area contributed by atoms with E-state index >= 15 is 0 Å². The zero-order valence-electron chi connectivity index (χ0n) is 11.8. The van der Waals surface area contributed by atoms with Crippen LogP contribution in [-0.2, 0) is 0 Å². The third-order valence-electron chi connectivity index (χ3n) is 3.94. The van der Waals surface area contributed by atoms with E-state index in [-0.39, 0.29) is 11.6 Å². The van der Waals surface area contributed by atoms with Crippen LogP contribution < -0.4 is 10.6 Å². The Kier molecular flexibility index (Phi) is 3.59. The summed E-state index contributed by atoms with van der Waals surface area (Å²) in [6, 6.07) is 4.22. The van der Waals surface area contributed by atoms with Crippen LogP contribution >= 0.6 is 0 Å². The average molecular weight is 248 g/mol. The Hall–Kier alpha value is -1.13. The van der Waals surface area contributed by atoms with Crippen LogP contribution in [0.1, 0.15) is 32.4 Å². The number of hydrogen-bond donors (Lipinski definition) is 1. The molecule has 1 aliphatic rings. The Labute approximate surface area is 110 Å². The van der Waals surface area contributed by atoms with Gasteiger partial charge in [-0.1, -0.05) is 6.07 Å².